The molecule has 0 aliphatic heterocycles. The number of halogens is 2. The summed E-state index contributed by atoms with van der Waals surface area (Å²) in [5, 5.41) is 0. The molecule has 0 unspecified atom stereocenters. The van der Waals surface area contributed by atoms with Crippen molar-refractivity contribution in [2.24, 2.45) is 0 Å². The molecule has 0 spiro atoms. The van der Waals surface area contributed by atoms with E-state index in [-0.39, 0.29) is 22.6 Å². The minimum absolute atomic E-state index is 0.0197. The smallest absolute Gasteiger partial charge is 0.387 e. The summed E-state index contributed by atoms with van der Waals surface area (Å²) in [6, 6.07) is 2.53. The molecule has 7 heteroatoms. The number of rotatable bonds is 3. The van der Waals surface area contributed by atoms with Crippen LogP contribution in [0.2, 0.25) is 19.6 Å². The molecule has 0 radical (unpaired) electrons. The van der Waals surface area contributed by atoms with Gasteiger partial charge in [-0.15, -0.1) is 5.54 Å². The standard InChI is InChI=1S/C14H17F2NO3Si/c1-19-13(18)10-7-9(5-6-21(2,3)4)12(17)11(8-10)20-14(15)16/h7-8,14H,17H2,1-4H3. The van der Waals surface area contributed by atoms with Crippen molar-refractivity contribution in [3.05, 3.63) is 23.3 Å². The second-order valence-corrected chi connectivity index (χ2v) is 10.1. The highest BCUT2D eigenvalue weighted by Gasteiger charge is 2.17. The van der Waals surface area contributed by atoms with Gasteiger partial charge in [-0.1, -0.05) is 25.6 Å². The molecule has 1 aromatic carbocycles. The minimum atomic E-state index is -3.04. The van der Waals surface area contributed by atoms with E-state index in [2.05, 4.69) is 20.9 Å². The Labute approximate surface area is 123 Å². The van der Waals surface area contributed by atoms with Crippen LogP contribution in [0.3, 0.4) is 0 Å². The first-order valence-electron chi connectivity index (χ1n) is 6.14. The summed E-state index contributed by atoms with van der Waals surface area (Å²) >= 11 is 0. The van der Waals surface area contributed by atoms with Gasteiger partial charge in [-0.3, -0.25) is 0 Å². The van der Waals surface area contributed by atoms with Crippen LogP contribution in [0.5, 0.6) is 5.75 Å². The Kier molecular flexibility index (Phi) is 5.33. The van der Waals surface area contributed by atoms with Gasteiger partial charge in [0, 0.05) is 0 Å². The van der Waals surface area contributed by atoms with E-state index in [1.165, 1.54) is 13.2 Å². The van der Waals surface area contributed by atoms with Crippen molar-refractivity contribution in [3.8, 4) is 17.2 Å². The van der Waals surface area contributed by atoms with Crippen LogP contribution in [0.4, 0.5) is 14.5 Å². The molecule has 0 fully saturated rings. The van der Waals surface area contributed by atoms with Crippen molar-refractivity contribution >= 4 is 19.7 Å². The fraction of sp³-hybridized carbons (Fsp3) is 0.357. The van der Waals surface area contributed by atoms with Gasteiger partial charge in [-0.25, -0.2) is 4.79 Å². The van der Waals surface area contributed by atoms with E-state index in [4.69, 9.17) is 5.73 Å². The predicted octanol–water partition coefficient (Wildman–Crippen LogP) is 2.89. The Morgan fingerprint density at radius 2 is 1.95 bits per heavy atom. The molecule has 0 aliphatic carbocycles. The van der Waals surface area contributed by atoms with Gasteiger partial charge in [0.05, 0.1) is 23.9 Å². The number of hydrogen-bond acceptors (Lipinski definition) is 4. The molecule has 21 heavy (non-hydrogen) atoms. The zero-order valence-corrected chi connectivity index (χ0v) is 13.3. The number of anilines is 1. The number of carbonyl (C=O) groups excluding carboxylic acids is 1. The van der Waals surface area contributed by atoms with Crippen LogP contribution in [0.25, 0.3) is 0 Å². The van der Waals surface area contributed by atoms with Crippen LogP contribution < -0.4 is 10.5 Å². The van der Waals surface area contributed by atoms with Crippen molar-refractivity contribution in [3.63, 3.8) is 0 Å². The molecular weight excluding hydrogens is 296 g/mol. The van der Waals surface area contributed by atoms with Gasteiger partial charge in [0.2, 0.25) is 0 Å². The molecule has 4 nitrogen and oxygen atoms in total. The fourth-order valence-corrected chi connectivity index (χ4v) is 1.92. The van der Waals surface area contributed by atoms with Crippen LogP contribution in [-0.2, 0) is 4.74 Å². The monoisotopic (exact) mass is 313 g/mol. The third-order valence-electron chi connectivity index (χ3n) is 2.35. The topological polar surface area (TPSA) is 61.5 Å². The second kappa shape index (κ2) is 6.59. The number of ether oxygens (including phenoxy) is 2. The SMILES string of the molecule is COC(=O)c1cc(C#C[Si](C)(C)C)c(N)c(OC(F)F)c1. The highest BCUT2D eigenvalue weighted by Crippen LogP contribution is 2.29. The lowest BCUT2D eigenvalue weighted by molar-refractivity contribution is -0.0494. The van der Waals surface area contributed by atoms with Crippen LogP contribution in [0, 0.1) is 11.5 Å². The van der Waals surface area contributed by atoms with Gasteiger partial charge in [0.15, 0.2) is 5.75 Å². The lowest BCUT2D eigenvalue weighted by Crippen LogP contribution is -2.16. The molecule has 1 aromatic rings. The summed E-state index contributed by atoms with van der Waals surface area (Å²) in [5.41, 5.74) is 9.14. The number of nitrogens with two attached hydrogens (primary N) is 1. The summed E-state index contributed by atoms with van der Waals surface area (Å²) in [6.45, 7) is 3.03. The number of esters is 1. The van der Waals surface area contributed by atoms with Gasteiger partial charge < -0.3 is 15.2 Å². The van der Waals surface area contributed by atoms with Gasteiger partial charge in [0.25, 0.3) is 0 Å². The maximum Gasteiger partial charge on any atom is 0.387 e. The Balaban J connectivity index is 3.39. The van der Waals surface area contributed by atoms with Crippen molar-refractivity contribution < 1.29 is 23.0 Å². The lowest BCUT2D eigenvalue weighted by Gasteiger charge is -2.11. The zero-order valence-electron chi connectivity index (χ0n) is 12.3. The lowest BCUT2D eigenvalue weighted by atomic mass is 10.1. The van der Waals surface area contributed by atoms with Crippen molar-refractivity contribution in [2.45, 2.75) is 26.3 Å². The first-order valence-corrected chi connectivity index (χ1v) is 9.64. The molecule has 0 bridgehead atoms. The highest BCUT2D eigenvalue weighted by molar-refractivity contribution is 6.83. The van der Waals surface area contributed by atoms with E-state index >= 15 is 0 Å². The Morgan fingerprint density at radius 1 is 1.33 bits per heavy atom. The predicted molar refractivity (Wildman–Crippen MR) is 79.0 cm³/mol. The number of nitrogen functional groups attached to an aromatic ring is 1. The van der Waals surface area contributed by atoms with Crippen LogP contribution in [0.1, 0.15) is 15.9 Å². The fourth-order valence-electron chi connectivity index (χ4n) is 1.41. The van der Waals surface area contributed by atoms with Crippen LogP contribution >= 0.6 is 0 Å². The maximum absolute atomic E-state index is 12.4. The molecule has 1 rings (SSSR count). The quantitative estimate of drug-likeness (QED) is 0.403. The number of alkyl halides is 2. The van der Waals surface area contributed by atoms with Gasteiger partial charge in [0.1, 0.15) is 8.07 Å². The molecular formula is C14H17F2NO3Si. The Hall–Kier alpha value is -2.07. The summed E-state index contributed by atoms with van der Waals surface area (Å²) in [6.07, 6.45) is 0. The van der Waals surface area contributed by atoms with Crippen molar-refractivity contribution in [1.29, 1.82) is 0 Å². The molecule has 2 N–H and O–H groups in total. The molecule has 0 aliphatic rings. The normalized spacial score (nSPS) is 10.8. The Morgan fingerprint density at radius 3 is 2.43 bits per heavy atom. The van der Waals surface area contributed by atoms with Crippen molar-refractivity contribution in [2.75, 3.05) is 12.8 Å². The Bertz CT molecular complexity index is 601. The maximum atomic E-state index is 12.4. The van der Waals surface area contributed by atoms with Crippen LogP contribution in [-0.4, -0.2) is 27.8 Å². The first-order chi connectivity index (χ1) is 9.64. The summed E-state index contributed by atoms with van der Waals surface area (Å²) in [5.74, 6) is 1.88. The largest absolute Gasteiger partial charge is 0.465 e. The second-order valence-electron chi connectivity index (χ2n) is 5.31. The molecule has 0 saturated heterocycles. The minimum Gasteiger partial charge on any atom is -0.465 e. The van der Waals surface area contributed by atoms with E-state index in [1.54, 1.807) is 0 Å². The van der Waals surface area contributed by atoms with Crippen LogP contribution in [0.15, 0.2) is 12.1 Å². The number of methoxy groups -OCH3 is 1. The molecule has 114 valence electrons. The average Bonchev–Trinajstić information content (AvgIpc) is 2.37. The number of carbonyl (C=O) groups is 1. The molecule has 0 atom stereocenters. The van der Waals surface area contributed by atoms with E-state index in [9.17, 15) is 13.6 Å². The zero-order chi connectivity index (χ0) is 16.2. The molecule has 0 amide bonds. The summed E-state index contributed by atoms with van der Waals surface area (Å²) in [7, 11) is -0.493. The third kappa shape index (κ3) is 5.08. The summed E-state index contributed by atoms with van der Waals surface area (Å²) in [4.78, 5) is 11.6. The van der Waals surface area contributed by atoms with Gasteiger partial charge in [-0.2, -0.15) is 8.78 Å². The number of hydrogen-bond donors (Lipinski definition) is 1. The van der Waals surface area contributed by atoms with Crippen molar-refractivity contribution in [1.82, 2.24) is 0 Å². The van der Waals surface area contributed by atoms with Gasteiger partial charge in [-0.05, 0) is 12.1 Å². The third-order valence-corrected chi connectivity index (χ3v) is 3.23. The van der Waals surface area contributed by atoms with E-state index in [1.807, 2.05) is 19.6 Å². The molecule has 0 heterocycles. The molecule has 0 saturated carbocycles. The van der Waals surface area contributed by atoms with E-state index in [0.717, 1.165) is 6.07 Å². The number of benzene rings is 1. The van der Waals surface area contributed by atoms with E-state index in [0.29, 0.717) is 0 Å². The molecule has 0 aromatic heterocycles. The highest BCUT2D eigenvalue weighted by atomic mass is 28.3. The average molecular weight is 313 g/mol. The summed E-state index contributed by atoms with van der Waals surface area (Å²) < 4.78 is 33.7. The first kappa shape index (κ1) is 17.0. The van der Waals surface area contributed by atoms with E-state index < -0.39 is 20.7 Å². The van der Waals surface area contributed by atoms with Gasteiger partial charge >= 0.3 is 12.6 Å².